The van der Waals surface area contributed by atoms with Crippen LogP contribution in [0.25, 0.3) is 0 Å². The molecule has 0 fully saturated rings. The van der Waals surface area contributed by atoms with Gasteiger partial charge in [0.1, 0.15) is 0 Å². The van der Waals surface area contributed by atoms with Crippen LogP contribution < -0.4 is 41.5 Å². The summed E-state index contributed by atoms with van der Waals surface area (Å²) >= 11 is 0. The van der Waals surface area contributed by atoms with E-state index in [1.807, 2.05) is 0 Å². The molecule has 0 nitrogen and oxygen atoms in total. The second-order valence-corrected chi connectivity index (χ2v) is 19.9. The van der Waals surface area contributed by atoms with Crippen LogP contribution in [0.1, 0.15) is 11.1 Å². The summed E-state index contributed by atoms with van der Waals surface area (Å²) < 4.78 is 0. The molecule has 222 valence electrons. The van der Waals surface area contributed by atoms with Gasteiger partial charge in [-0.2, -0.15) is 0 Å². The van der Waals surface area contributed by atoms with E-state index in [1.54, 1.807) is 0 Å². The van der Waals surface area contributed by atoms with Crippen LogP contribution in [0.5, 0.6) is 0 Å². The number of aryl methyl sites for hydroxylation is 2. The molecule has 7 rings (SSSR count). The summed E-state index contributed by atoms with van der Waals surface area (Å²) in [6, 6.07) is 73.2. The molecule has 7 aromatic rings. The first-order valence-corrected chi connectivity index (χ1v) is 20.1. The molecule has 0 aromatic heterocycles. The highest BCUT2D eigenvalue weighted by Gasteiger charge is 2.44. The fourth-order valence-electron chi connectivity index (χ4n) is 7.33. The Morgan fingerprint density at radius 2 is 0.391 bits per heavy atom. The molecule has 0 spiro atoms. The van der Waals surface area contributed by atoms with Crippen molar-refractivity contribution >= 4 is 57.6 Å². The summed E-state index contributed by atoms with van der Waals surface area (Å²) in [4.78, 5) is 0. The average Bonchev–Trinajstić information content (AvgIpc) is 3.13. The van der Waals surface area contributed by atoms with Crippen molar-refractivity contribution in [3.05, 3.63) is 205 Å². The minimum absolute atomic E-state index is 1.28. The zero-order valence-electron chi connectivity index (χ0n) is 26.5. The van der Waals surface area contributed by atoms with E-state index >= 15 is 0 Å². The van der Waals surface area contributed by atoms with E-state index in [0.717, 1.165) is 0 Å². The Morgan fingerprint density at radius 1 is 0.217 bits per heavy atom. The van der Waals surface area contributed by atoms with Crippen LogP contribution in [0.2, 0.25) is 0 Å². The third-order valence-electron chi connectivity index (χ3n) is 9.55. The summed E-state index contributed by atoms with van der Waals surface area (Å²) in [6.07, 6.45) is 0. The number of rotatable bonds is 8. The second-order valence-electron chi connectivity index (χ2n) is 12.3. The molecular formula is C44H38Si2. The molecule has 0 saturated heterocycles. The van der Waals surface area contributed by atoms with E-state index in [9.17, 15) is 0 Å². The van der Waals surface area contributed by atoms with E-state index in [0.29, 0.717) is 0 Å². The van der Waals surface area contributed by atoms with Gasteiger partial charge in [0.25, 0.3) is 0 Å². The number of hydrogen-bond acceptors (Lipinski definition) is 0. The first kappa shape index (κ1) is 29.7. The van der Waals surface area contributed by atoms with Crippen molar-refractivity contribution in [2.75, 3.05) is 0 Å². The highest BCUT2D eigenvalue weighted by Crippen LogP contribution is 2.13. The molecule has 0 heterocycles. The molecule has 0 unspecified atom stereocenters. The monoisotopic (exact) mass is 622 g/mol. The zero-order chi connectivity index (χ0) is 31.4. The standard InChI is InChI=1S/C44H38Si2/c1-35-23-27-41(28-24-35)45(37-15-7-3-8-16-37,38-17-9-4-10-18-38)43-31-33-44(34-32-43)46(39-19-11-5-12-20-39,40-21-13-6-14-22-40)42-29-25-36(2)26-30-42/h3-34H,1-2H3. The van der Waals surface area contributed by atoms with Crippen LogP contribution in [0.15, 0.2) is 194 Å². The molecule has 0 aliphatic heterocycles. The molecular weight excluding hydrogens is 585 g/mol. The summed E-state index contributed by atoms with van der Waals surface area (Å²) in [6.45, 7) is 4.35. The lowest BCUT2D eigenvalue weighted by Crippen LogP contribution is -2.76. The lowest BCUT2D eigenvalue weighted by atomic mass is 10.2. The summed E-state index contributed by atoms with van der Waals surface area (Å²) in [5, 5.41) is 11.2. The third kappa shape index (κ3) is 5.10. The quantitative estimate of drug-likeness (QED) is 0.164. The minimum Gasteiger partial charge on any atom is -0.0623 e. The van der Waals surface area contributed by atoms with Crippen molar-refractivity contribution < 1.29 is 0 Å². The van der Waals surface area contributed by atoms with Gasteiger partial charge in [-0.05, 0) is 55.3 Å². The fraction of sp³-hybridized carbons (Fsp3) is 0.0455. The molecule has 0 N–H and O–H groups in total. The van der Waals surface area contributed by atoms with Crippen LogP contribution in [-0.4, -0.2) is 16.1 Å². The van der Waals surface area contributed by atoms with Gasteiger partial charge in [-0.25, -0.2) is 0 Å². The number of hydrogen-bond donors (Lipinski definition) is 0. The van der Waals surface area contributed by atoms with Crippen LogP contribution in [0.3, 0.4) is 0 Å². The topological polar surface area (TPSA) is 0 Å². The maximum absolute atomic E-state index is 2.63. The molecule has 46 heavy (non-hydrogen) atoms. The SMILES string of the molecule is Cc1ccc([Si](c2ccccc2)(c2ccccc2)c2ccc([Si](c3ccccc3)(c3ccccc3)c3ccc(C)cc3)cc2)cc1. The second kappa shape index (κ2) is 12.8. The van der Waals surface area contributed by atoms with Gasteiger partial charge >= 0.3 is 0 Å². The summed E-state index contributed by atoms with van der Waals surface area (Å²) in [5.74, 6) is 0. The first-order chi connectivity index (χ1) is 22.6. The van der Waals surface area contributed by atoms with Crippen molar-refractivity contribution in [1.29, 1.82) is 0 Å². The van der Waals surface area contributed by atoms with Crippen molar-refractivity contribution in [3.8, 4) is 0 Å². The van der Waals surface area contributed by atoms with E-state index in [4.69, 9.17) is 0 Å². The van der Waals surface area contributed by atoms with Crippen LogP contribution in [-0.2, 0) is 0 Å². The van der Waals surface area contributed by atoms with Gasteiger partial charge in [0.2, 0.25) is 0 Å². The number of benzene rings is 7. The highest BCUT2D eigenvalue weighted by atomic mass is 28.3. The van der Waals surface area contributed by atoms with Crippen LogP contribution in [0.4, 0.5) is 0 Å². The van der Waals surface area contributed by atoms with Crippen molar-refractivity contribution in [1.82, 2.24) is 0 Å². The molecule has 7 aromatic carbocycles. The normalized spacial score (nSPS) is 11.7. The molecule has 2 heteroatoms. The predicted molar refractivity (Wildman–Crippen MR) is 203 cm³/mol. The Hall–Kier alpha value is -5.03. The van der Waals surface area contributed by atoms with E-state index in [1.165, 1.54) is 52.6 Å². The molecule has 0 saturated carbocycles. The van der Waals surface area contributed by atoms with Gasteiger partial charge in [-0.15, -0.1) is 0 Å². The minimum atomic E-state index is -2.63. The summed E-state index contributed by atoms with van der Waals surface area (Å²) in [5.41, 5.74) is 2.56. The van der Waals surface area contributed by atoms with Gasteiger partial charge < -0.3 is 0 Å². The molecule has 0 atom stereocenters. The Bertz CT molecular complexity index is 1770. The Morgan fingerprint density at radius 3 is 0.609 bits per heavy atom. The van der Waals surface area contributed by atoms with E-state index in [2.05, 4.69) is 208 Å². The van der Waals surface area contributed by atoms with Gasteiger partial charge in [-0.1, -0.05) is 205 Å². The maximum atomic E-state index is 2.46. The molecule has 0 amide bonds. The highest BCUT2D eigenvalue weighted by molar-refractivity contribution is 7.21. The lowest BCUT2D eigenvalue weighted by molar-refractivity contribution is 1.48. The lowest BCUT2D eigenvalue weighted by Gasteiger charge is -2.37. The van der Waals surface area contributed by atoms with Gasteiger partial charge in [0.15, 0.2) is 16.1 Å². The maximum Gasteiger partial charge on any atom is 0.179 e. The smallest absolute Gasteiger partial charge is 0.0623 e. The van der Waals surface area contributed by atoms with Gasteiger partial charge in [0, 0.05) is 0 Å². The van der Waals surface area contributed by atoms with Gasteiger partial charge in [-0.3, -0.25) is 0 Å². The van der Waals surface area contributed by atoms with Crippen molar-refractivity contribution in [2.24, 2.45) is 0 Å². The fourth-order valence-corrected chi connectivity index (χ4v) is 16.8. The molecule has 0 aliphatic carbocycles. The van der Waals surface area contributed by atoms with Gasteiger partial charge in [0.05, 0.1) is 0 Å². The Balaban J connectivity index is 1.53. The van der Waals surface area contributed by atoms with Crippen molar-refractivity contribution in [3.63, 3.8) is 0 Å². The predicted octanol–water partition coefficient (Wildman–Crippen LogP) is 5.06. The van der Waals surface area contributed by atoms with E-state index in [-0.39, 0.29) is 0 Å². The van der Waals surface area contributed by atoms with Crippen LogP contribution in [0, 0.1) is 13.8 Å². The summed E-state index contributed by atoms with van der Waals surface area (Å²) in [7, 11) is -5.27. The first-order valence-electron chi connectivity index (χ1n) is 16.1. The average molecular weight is 623 g/mol. The van der Waals surface area contributed by atoms with Crippen molar-refractivity contribution in [2.45, 2.75) is 13.8 Å². The van der Waals surface area contributed by atoms with Crippen LogP contribution >= 0.6 is 0 Å². The molecule has 0 bridgehead atoms. The Labute approximate surface area is 275 Å². The largest absolute Gasteiger partial charge is 0.179 e. The molecule has 0 radical (unpaired) electrons. The Kier molecular flexibility index (Phi) is 8.23. The van der Waals surface area contributed by atoms with E-state index < -0.39 is 16.1 Å². The zero-order valence-corrected chi connectivity index (χ0v) is 28.5. The third-order valence-corrected chi connectivity index (χ3v) is 19.1. The molecule has 0 aliphatic rings.